The Bertz CT molecular complexity index is 1640. The van der Waals surface area contributed by atoms with Crippen molar-refractivity contribution in [1.82, 2.24) is 9.55 Å². The van der Waals surface area contributed by atoms with E-state index >= 15 is 0 Å². The third-order valence-corrected chi connectivity index (χ3v) is 7.28. The minimum absolute atomic E-state index is 0.0170. The third kappa shape index (κ3) is 4.90. The van der Waals surface area contributed by atoms with Crippen LogP contribution in [0, 0.1) is 13.8 Å². The Morgan fingerprint density at radius 3 is 2.40 bits per heavy atom. The lowest BCUT2D eigenvalue weighted by Crippen LogP contribution is -2.24. The lowest BCUT2D eigenvalue weighted by Gasteiger charge is -2.14. The number of fused-ring (bicyclic) bond motifs is 1. The number of carbonyl (C=O) groups excluding carboxylic acids is 2. The molecule has 9 heteroatoms. The van der Waals surface area contributed by atoms with Crippen molar-refractivity contribution >= 4 is 38.2 Å². The van der Waals surface area contributed by atoms with E-state index in [1.807, 2.05) is 6.92 Å². The van der Waals surface area contributed by atoms with Gasteiger partial charge in [0.05, 0.1) is 10.3 Å². The molecule has 0 aliphatic carbocycles. The van der Waals surface area contributed by atoms with Gasteiger partial charge in [0.15, 0.2) is 5.78 Å². The molecular weight excluding hydrogens is 466 g/mol. The summed E-state index contributed by atoms with van der Waals surface area (Å²) in [5.74, 6) is -0.615. The molecule has 0 atom stereocenters. The summed E-state index contributed by atoms with van der Waals surface area (Å²) in [4.78, 5) is 41.6. The molecule has 2 aromatic heterocycles. The molecule has 0 saturated heterocycles. The van der Waals surface area contributed by atoms with Crippen LogP contribution in [0.25, 0.3) is 11.0 Å². The van der Waals surface area contributed by atoms with Gasteiger partial charge < -0.3 is 9.88 Å². The Kier molecular flexibility index (Phi) is 6.36. The molecule has 2 aromatic carbocycles. The number of ketones is 1. The number of carbonyl (C=O) groups is 2. The standard InChI is InChI=1S/C26H23N3O5S/c1-16-7-10-21(11-8-16)35(33,34)23-14-29(26-22(25(23)32)12-9-17(2)27-26)15-24(31)28-20-6-4-5-19(13-20)18(3)30/h4-14H,15H2,1-3H3,(H,28,31). The molecule has 0 aliphatic heterocycles. The molecule has 8 nitrogen and oxygen atoms in total. The number of sulfone groups is 1. The van der Waals surface area contributed by atoms with Crippen LogP contribution in [0.15, 0.2) is 81.4 Å². The van der Waals surface area contributed by atoms with Crippen LogP contribution in [-0.4, -0.2) is 29.7 Å². The van der Waals surface area contributed by atoms with Gasteiger partial charge in [-0.1, -0.05) is 29.8 Å². The number of hydrogen-bond acceptors (Lipinski definition) is 6. The molecule has 1 N–H and O–H groups in total. The van der Waals surface area contributed by atoms with Crippen LogP contribution in [0.5, 0.6) is 0 Å². The zero-order valence-electron chi connectivity index (χ0n) is 19.4. The molecule has 0 radical (unpaired) electrons. The number of aromatic nitrogens is 2. The van der Waals surface area contributed by atoms with Crippen molar-refractivity contribution in [3.63, 3.8) is 0 Å². The van der Waals surface area contributed by atoms with Gasteiger partial charge in [0.25, 0.3) is 0 Å². The van der Waals surface area contributed by atoms with Gasteiger partial charge in [-0.15, -0.1) is 0 Å². The number of aryl methyl sites for hydroxylation is 2. The highest BCUT2D eigenvalue weighted by Gasteiger charge is 2.25. The Morgan fingerprint density at radius 2 is 1.71 bits per heavy atom. The molecule has 0 fully saturated rings. The van der Waals surface area contributed by atoms with Crippen LogP contribution < -0.4 is 10.7 Å². The second kappa shape index (κ2) is 9.27. The molecule has 0 unspecified atom stereocenters. The van der Waals surface area contributed by atoms with Crippen molar-refractivity contribution in [2.45, 2.75) is 37.1 Å². The lowest BCUT2D eigenvalue weighted by molar-refractivity contribution is -0.116. The highest BCUT2D eigenvalue weighted by molar-refractivity contribution is 7.91. The molecule has 178 valence electrons. The Hall–Kier alpha value is -4.11. The molecule has 0 bridgehead atoms. The fourth-order valence-corrected chi connectivity index (χ4v) is 5.03. The molecule has 0 saturated carbocycles. The van der Waals surface area contributed by atoms with Crippen LogP contribution in [0.4, 0.5) is 5.69 Å². The SMILES string of the molecule is CC(=O)c1cccc(NC(=O)Cn2cc(S(=O)(=O)c3ccc(C)cc3)c(=O)c3ccc(C)nc32)c1. The summed E-state index contributed by atoms with van der Waals surface area (Å²) in [6, 6.07) is 15.8. The van der Waals surface area contributed by atoms with E-state index in [-0.39, 0.29) is 28.3 Å². The predicted octanol–water partition coefficient (Wildman–Crippen LogP) is 3.69. The van der Waals surface area contributed by atoms with Gasteiger partial charge >= 0.3 is 0 Å². The summed E-state index contributed by atoms with van der Waals surface area (Å²) >= 11 is 0. The number of hydrogen-bond donors (Lipinski definition) is 1. The maximum atomic E-state index is 13.3. The molecule has 2 heterocycles. The minimum atomic E-state index is -4.15. The van der Waals surface area contributed by atoms with Crippen molar-refractivity contribution in [1.29, 1.82) is 0 Å². The molecule has 4 aromatic rings. The number of benzene rings is 2. The van der Waals surface area contributed by atoms with E-state index in [2.05, 4.69) is 10.3 Å². The molecule has 0 aliphatic rings. The summed E-state index contributed by atoms with van der Waals surface area (Å²) < 4.78 is 28.0. The molecular formula is C26H23N3O5S. The van der Waals surface area contributed by atoms with Crippen molar-refractivity contribution in [3.8, 4) is 0 Å². The van der Waals surface area contributed by atoms with Gasteiger partial charge in [-0.2, -0.15) is 0 Å². The maximum absolute atomic E-state index is 13.3. The quantitative estimate of drug-likeness (QED) is 0.413. The average Bonchev–Trinajstić information content (AvgIpc) is 2.81. The zero-order valence-corrected chi connectivity index (χ0v) is 20.2. The summed E-state index contributed by atoms with van der Waals surface area (Å²) in [6.07, 6.45) is 1.16. The number of anilines is 1. The topological polar surface area (TPSA) is 115 Å². The van der Waals surface area contributed by atoms with Gasteiger partial charge in [-0.05, 0) is 57.2 Å². The number of nitrogens with zero attached hydrogens (tertiary/aromatic N) is 2. The van der Waals surface area contributed by atoms with Crippen molar-refractivity contribution < 1.29 is 18.0 Å². The molecule has 4 rings (SSSR count). The van der Waals surface area contributed by atoms with Gasteiger partial charge in [-0.25, -0.2) is 13.4 Å². The first kappa shape index (κ1) is 24.0. The minimum Gasteiger partial charge on any atom is -0.325 e. The van der Waals surface area contributed by atoms with Crippen LogP contribution >= 0.6 is 0 Å². The number of Topliss-reactive ketones (excluding diaryl/α,β-unsaturated/α-hetero) is 1. The van der Waals surface area contributed by atoms with Crippen molar-refractivity contribution in [2.75, 3.05) is 5.32 Å². The van der Waals surface area contributed by atoms with Crippen molar-refractivity contribution in [2.24, 2.45) is 0 Å². The second-order valence-electron chi connectivity index (χ2n) is 8.28. The molecule has 35 heavy (non-hydrogen) atoms. The number of pyridine rings is 2. The highest BCUT2D eigenvalue weighted by Crippen LogP contribution is 2.21. The fourth-order valence-electron chi connectivity index (χ4n) is 3.66. The lowest BCUT2D eigenvalue weighted by atomic mass is 10.1. The van der Waals surface area contributed by atoms with E-state index < -0.39 is 26.1 Å². The van der Waals surface area contributed by atoms with Crippen LogP contribution in [0.3, 0.4) is 0 Å². The first-order valence-corrected chi connectivity index (χ1v) is 12.3. The first-order chi connectivity index (χ1) is 16.6. The second-order valence-corrected chi connectivity index (χ2v) is 10.2. The fraction of sp³-hybridized carbons (Fsp3) is 0.154. The van der Waals surface area contributed by atoms with E-state index in [4.69, 9.17) is 0 Å². The first-order valence-electron chi connectivity index (χ1n) is 10.8. The van der Waals surface area contributed by atoms with E-state index in [1.165, 1.54) is 29.7 Å². The summed E-state index contributed by atoms with van der Waals surface area (Å²) in [7, 11) is -4.15. The number of amides is 1. The molecule has 0 spiro atoms. The van der Waals surface area contributed by atoms with Crippen LogP contribution in [-0.2, 0) is 21.2 Å². The van der Waals surface area contributed by atoms with Crippen LogP contribution in [0.1, 0.15) is 28.5 Å². The van der Waals surface area contributed by atoms with E-state index in [0.717, 1.165) is 11.8 Å². The van der Waals surface area contributed by atoms with E-state index in [9.17, 15) is 22.8 Å². The maximum Gasteiger partial charge on any atom is 0.244 e. The van der Waals surface area contributed by atoms with Crippen molar-refractivity contribution in [3.05, 3.63) is 93.9 Å². The Morgan fingerprint density at radius 1 is 1.00 bits per heavy atom. The monoisotopic (exact) mass is 489 g/mol. The van der Waals surface area contributed by atoms with Gasteiger partial charge in [-0.3, -0.25) is 14.4 Å². The smallest absolute Gasteiger partial charge is 0.244 e. The number of nitrogens with one attached hydrogen (secondary N) is 1. The van der Waals surface area contributed by atoms with Gasteiger partial charge in [0.1, 0.15) is 17.1 Å². The summed E-state index contributed by atoms with van der Waals surface area (Å²) in [5.41, 5.74) is 1.87. The van der Waals surface area contributed by atoms with Crippen LogP contribution in [0.2, 0.25) is 0 Å². The predicted molar refractivity (Wildman–Crippen MR) is 132 cm³/mol. The van der Waals surface area contributed by atoms with Gasteiger partial charge in [0, 0.05) is 23.1 Å². The third-order valence-electron chi connectivity index (χ3n) is 5.52. The van der Waals surface area contributed by atoms with E-state index in [0.29, 0.717) is 16.9 Å². The largest absolute Gasteiger partial charge is 0.325 e. The Labute approximate surface area is 202 Å². The molecule has 1 amide bonds. The van der Waals surface area contributed by atoms with Gasteiger partial charge in [0.2, 0.25) is 21.2 Å². The number of rotatable bonds is 6. The zero-order chi connectivity index (χ0) is 25.3. The summed E-state index contributed by atoms with van der Waals surface area (Å²) in [5, 5.41) is 2.80. The van der Waals surface area contributed by atoms with E-state index in [1.54, 1.807) is 49.4 Å². The summed E-state index contributed by atoms with van der Waals surface area (Å²) in [6.45, 7) is 4.70. The Balaban J connectivity index is 1.79. The average molecular weight is 490 g/mol. The normalized spacial score (nSPS) is 11.4. The highest BCUT2D eigenvalue weighted by atomic mass is 32.2.